The van der Waals surface area contributed by atoms with Crippen LogP contribution >= 0.6 is 0 Å². The molecule has 1 rings (SSSR count). The number of nitrogens with one attached hydrogen (secondary N) is 1. The minimum atomic E-state index is 0.615. The van der Waals surface area contributed by atoms with Crippen LogP contribution in [0.25, 0.3) is 0 Å². The largest absolute Gasteiger partial charge is 0.314 e. The minimum Gasteiger partial charge on any atom is -0.314 e. The van der Waals surface area contributed by atoms with Gasteiger partial charge in [-0.2, -0.15) is 0 Å². The van der Waals surface area contributed by atoms with Gasteiger partial charge in [-0.1, -0.05) is 34.6 Å². The number of piperidine rings is 1. The highest BCUT2D eigenvalue weighted by Crippen LogP contribution is 2.24. The van der Waals surface area contributed by atoms with Crippen LogP contribution < -0.4 is 5.32 Å². The molecule has 0 aromatic heterocycles. The molecule has 0 radical (unpaired) electrons. The Morgan fingerprint density at radius 2 is 1.65 bits per heavy atom. The Labute approximate surface area is 108 Å². The van der Waals surface area contributed by atoms with Crippen molar-refractivity contribution < 1.29 is 0 Å². The van der Waals surface area contributed by atoms with Gasteiger partial charge in [0.1, 0.15) is 0 Å². The summed E-state index contributed by atoms with van der Waals surface area (Å²) < 4.78 is 0. The smallest absolute Gasteiger partial charge is 0.00191 e. The van der Waals surface area contributed by atoms with Gasteiger partial charge in [-0.3, -0.25) is 0 Å². The van der Waals surface area contributed by atoms with Gasteiger partial charge in [-0.15, -0.1) is 0 Å². The Bertz CT molecular complexity index is 193. The number of nitrogens with zero attached hydrogens (tertiary/aromatic N) is 1. The maximum absolute atomic E-state index is 3.54. The molecule has 102 valence electrons. The lowest BCUT2D eigenvalue weighted by molar-refractivity contribution is 0.141. The standard InChI is InChI=1S/C15H32N2/c1-12(2)15-6-8-17(9-7-15)11-14(5)10-16-13(3)4/h12-16H,6-11H2,1-5H3. The van der Waals surface area contributed by atoms with E-state index in [-0.39, 0.29) is 0 Å². The normalized spacial score (nSPS) is 21.4. The van der Waals surface area contributed by atoms with E-state index in [2.05, 4.69) is 44.8 Å². The summed E-state index contributed by atoms with van der Waals surface area (Å²) in [4.78, 5) is 2.66. The van der Waals surface area contributed by atoms with Crippen LogP contribution in [0.1, 0.15) is 47.5 Å². The van der Waals surface area contributed by atoms with E-state index in [1.165, 1.54) is 32.5 Å². The van der Waals surface area contributed by atoms with E-state index in [1.54, 1.807) is 0 Å². The highest BCUT2D eigenvalue weighted by atomic mass is 15.1. The van der Waals surface area contributed by atoms with E-state index in [0.717, 1.165) is 24.3 Å². The van der Waals surface area contributed by atoms with Gasteiger partial charge in [0.2, 0.25) is 0 Å². The molecule has 1 heterocycles. The monoisotopic (exact) mass is 240 g/mol. The van der Waals surface area contributed by atoms with Crippen molar-refractivity contribution >= 4 is 0 Å². The average molecular weight is 240 g/mol. The molecule has 0 saturated carbocycles. The number of rotatable bonds is 6. The topological polar surface area (TPSA) is 15.3 Å². The van der Waals surface area contributed by atoms with Crippen LogP contribution in [0, 0.1) is 17.8 Å². The molecule has 0 bridgehead atoms. The van der Waals surface area contributed by atoms with Gasteiger partial charge in [-0.05, 0) is 50.2 Å². The summed E-state index contributed by atoms with van der Waals surface area (Å²) in [7, 11) is 0. The Kier molecular flexibility index (Phi) is 6.50. The molecule has 0 spiro atoms. The Morgan fingerprint density at radius 1 is 1.06 bits per heavy atom. The zero-order valence-corrected chi connectivity index (χ0v) is 12.5. The second kappa shape index (κ2) is 7.38. The predicted octanol–water partition coefficient (Wildman–Crippen LogP) is 2.99. The van der Waals surface area contributed by atoms with Crippen molar-refractivity contribution in [3.8, 4) is 0 Å². The third kappa shape index (κ3) is 5.87. The maximum atomic E-state index is 3.54. The summed E-state index contributed by atoms with van der Waals surface area (Å²) in [5, 5.41) is 3.54. The second-order valence-electron chi connectivity index (χ2n) is 6.55. The highest BCUT2D eigenvalue weighted by molar-refractivity contribution is 4.76. The molecule has 1 unspecified atom stereocenters. The first-order valence-corrected chi connectivity index (χ1v) is 7.44. The minimum absolute atomic E-state index is 0.615. The second-order valence-corrected chi connectivity index (χ2v) is 6.55. The fourth-order valence-electron chi connectivity index (χ4n) is 2.74. The quantitative estimate of drug-likeness (QED) is 0.768. The molecule has 1 atom stereocenters. The van der Waals surface area contributed by atoms with Gasteiger partial charge in [-0.25, -0.2) is 0 Å². The van der Waals surface area contributed by atoms with Crippen molar-refractivity contribution in [3.05, 3.63) is 0 Å². The van der Waals surface area contributed by atoms with Gasteiger partial charge >= 0.3 is 0 Å². The molecular weight excluding hydrogens is 208 g/mol. The molecule has 0 amide bonds. The lowest BCUT2D eigenvalue weighted by Crippen LogP contribution is -2.40. The maximum Gasteiger partial charge on any atom is 0.00191 e. The summed E-state index contributed by atoms with van der Waals surface area (Å²) in [6.07, 6.45) is 2.81. The van der Waals surface area contributed by atoms with Crippen molar-refractivity contribution in [2.45, 2.75) is 53.5 Å². The van der Waals surface area contributed by atoms with Crippen LogP contribution in [0.15, 0.2) is 0 Å². The van der Waals surface area contributed by atoms with Gasteiger partial charge < -0.3 is 10.2 Å². The summed E-state index contributed by atoms with van der Waals surface area (Å²) >= 11 is 0. The molecule has 1 aliphatic rings. The molecule has 17 heavy (non-hydrogen) atoms. The van der Waals surface area contributed by atoms with Gasteiger partial charge in [0.05, 0.1) is 0 Å². The predicted molar refractivity (Wildman–Crippen MR) is 76.3 cm³/mol. The Morgan fingerprint density at radius 3 is 2.12 bits per heavy atom. The third-order valence-electron chi connectivity index (χ3n) is 4.02. The van der Waals surface area contributed by atoms with E-state index in [1.807, 2.05) is 0 Å². The zero-order valence-electron chi connectivity index (χ0n) is 12.5. The van der Waals surface area contributed by atoms with E-state index in [9.17, 15) is 0 Å². The molecular formula is C15H32N2. The molecule has 0 aromatic carbocycles. The van der Waals surface area contributed by atoms with E-state index in [4.69, 9.17) is 0 Å². The zero-order chi connectivity index (χ0) is 12.8. The van der Waals surface area contributed by atoms with Crippen LogP contribution in [0.2, 0.25) is 0 Å². The number of likely N-dealkylation sites (tertiary alicyclic amines) is 1. The molecule has 1 fully saturated rings. The van der Waals surface area contributed by atoms with Crippen molar-refractivity contribution in [2.75, 3.05) is 26.2 Å². The van der Waals surface area contributed by atoms with E-state index < -0.39 is 0 Å². The van der Waals surface area contributed by atoms with Crippen LogP contribution in [-0.4, -0.2) is 37.1 Å². The molecule has 2 heteroatoms. The van der Waals surface area contributed by atoms with E-state index >= 15 is 0 Å². The number of hydrogen-bond donors (Lipinski definition) is 1. The van der Waals surface area contributed by atoms with Crippen molar-refractivity contribution in [3.63, 3.8) is 0 Å². The van der Waals surface area contributed by atoms with Gasteiger partial charge in [0.15, 0.2) is 0 Å². The molecule has 1 aliphatic heterocycles. The van der Waals surface area contributed by atoms with E-state index in [0.29, 0.717) is 6.04 Å². The first-order chi connectivity index (χ1) is 7.99. The van der Waals surface area contributed by atoms with Crippen LogP contribution in [0.5, 0.6) is 0 Å². The fourth-order valence-corrected chi connectivity index (χ4v) is 2.74. The summed E-state index contributed by atoms with van der Waals surface area (Å²) in [6.45, 7) is 16.6. The van der Waals surface area contributed by atoms with Crippen LogP contribution in [-0.2, 0) is 0 Å². The lowest BCUT2D eigenvalue weighted by Gasteiger charge is -2.35. The Balaban J connectivity index is 2.17. The number of hydrogen-bond acceptors (Lipinski definition) is 2. The lowest BCUT2D eigenvalue weighted by atomic mass is 9.86. The fraction of sp³-hybridized carbons (Fsp3) is 1.00. The third-order valence-corrected chi connectivity index (χ3v) is 4.02. The highest BCUT2D eigenvalue weighted by Gasteiger charge is 2.22. The summed E-state index contributed by atoms with van der Waals surface area (Å²) in [5.74, 6) is 2.61. The molecule has 2 nitrogen and oxygen atoms in total. The Hall–Kier alpha value is -0.0800. The van der Waals surface area contributed by atoms with Gasteiger partial charge in [0, 0.05) is 12.6 Å². The summed E-state index contributed by atoms with van der Waals surface area (Å²) in [5.41, 5.74) is 0. The van der Waals surface area contributed by atoms with Crippen molar-refractivity contribution in [2.24, 2.45) is 17.8 Å². The molecule has 0 aliphatic carbocycles. The first kappa shape index (κ1) is 15.0. The average Bonchev–Trinajstić information content (AvgIpc) is 2.27. The van der Waals surface area contributed by atoms with Gasteiger partial charge in [0.25, 0.3) is 0 Å². The molecule has 1 N–H and O–H groups in total. The van der Waals surface area contributed by atoms with Crippen LogP contribution in [0.4, 0.5) is 0 Å². The summed E-state index contributed by atoms with van der Waals surface area (Å²) in [6, 6.07) is 0.615. The van der Waals surface area contributed by atoms with Crippen LogP contribution in [0.3, 0.4) is 0 Å². The SMILES string of the molecule is CC(CNC(C)C)CN1CCC(C(C)C)CC1. The first-order valence-electron chi connectivity index (χ1n) is 7.44. The molecule has 0 aromatic rings. The van der Waals surface area contributed by atoms with Crippen molar-refractivity contribution in [1.82, 2.24) is 10.2 Å². The molecule has 1 saturated heterocycles. The van der Waals surface area contributed by atoms with Crippen molar-refractivity contribution in [1.29, 1.82) is 0 Å².